The molecule has 0 aliphatic heterocycles. The third-order valence-electron chi connectivity index (χ3n) is 4.84. The van der Waals surface area contributed by atoms with Crippen molar-refractivity contribution in [2.24, 2.45) is 0 Å². The summed E-state index contributed by atoms with van der Waals surface area (Å²) in [5, 5.41) is 0.568. The normalized spacial score (nSPS) is 11.1. The number of hydrogen-bond acceptors (Lipinski definition) is 5. The predicted molar refractivity (Wildman–Crippen MR) is 114 cm³/mol. The highest BCUT2D eigenvalue weighted by Gasteiger charge is 2.19. The summed E-state index contributed by atoms with van der Waals surface area (Å²) in [6, 6.07) is 13.5. The van der Waals surface area contributed by atoms with Crippen molar-refractivity contribution in [2.75, 3.05) is 7.05 Å². The maximum atomic E-state index is 13.2. The van der Waals surface area contributed by atoms with Gasteiger partial charge in [-0.1, -0.05) is 30.3 Å². The first-order chi connectivity index (χ1) is 13.9. The van der Waals surface area contributed by atoms with Crippen LogP contribution < -0.4 is 5.56 Å². The lowest BCUT2D eigenvalue weighted by Gasteiger charge is -2.16. The first-order valence-electron chi connectivity index (χ1n) is 9.27. The van der Waals surface area contributed by atoms with E-state index < -0.39 is 0 Å². The van der Waals surface area contributed by atoms with Crippen LogP contribution in [-0.4, -0.2) is 27.4 Å². The number of hydrogen-bond donors (Lipinski definition) is 0. The highest BCUT2D eigenvalue weighted by atomic mass is 32.1. The van der Waals surface area contributed by atoms with Crippen LogP contribution in [0.15, 0.2) is 58.0 Å². The van der Waals surface area contributed by atoms with Gasteiger partial charge >= 0.3 is 0 Å². The standard InChI is InChI=1S/C22H21N3O3S/c1-14-9-10-17(28-14)11-24(3)18(26)12-25-13-23-21-20(22(25)27)19(15(2)29-21)16-7-5-4-6-8-16/h4-10,13H,11-12H2,1-3H3. The quantitative estimate of drug-likeness (QED) is 0.502. The number of carbonyl (C=O) groups is 1. The smallest absolute Gasteiger partial charge is 0.263 e. The van der Waals surface area contributed by atoms with Crippen LogP contribution in [0.3, 0.4) is 0 Å². The van der Waals surface area contributed by atoms with Crippen molar-refractivity contribution in [1.29, 1.82) is 0 Å². The van der Waals surface area contributed by atoms with Crippen molar-refractivity contribution in [3.05, 3.63) is 75.5 Å². The number of rotatable bonds is 5. The van der Waals surface area contributed by atoms with Gasteiger partial charge in [-0.2, -0.15) is 0 Å². The maximum Gasteiger partial charge on any atom is 0.263 e. The highest BCUT2D eigenvalue weighted by molar-refractivity contribution is 7.19. The molecule has 0 atom stereocenters. The number of fused-ring (bicyclic) bond motifs is 1. The zero-order valence-corrected chi connectivity index (χ0v) is 17.3. The van der Waals surface area contributed by atoms with Gasteiger partial charge in [0, 0.05) is 17.5 Å². The summed E-state index contributed by atoms with van der Waals surface area (Å²) in [5.74, 6) is 1.32. The average Bonchev–Trinajstić information content (AvgIpc) is 3.27. The molecule has 7 heteroatoms. The highest BCUT2D eigenvalue weighted by Crippen LogP contribution is 2.35. The Morgan fingerprint density at radius 3 is 2.62 bits per heavy atom. The van der Waals surface area contributed by atoms with E-state index in [9.17, 15) is 9.59 Å². The molecule has 0 aliphatic rings. The second-order valence-electron chi connectivity index (χ2n) is 7.02. The zero-order valence-electron chi connectivity index (χ0n) is 16.5. The van der Waals surface area contributed by atoms with Crippen molar-refractivity contribution in [3.63, 3.8) is 0 Å². The summed E-state index contributed by atoms with van der Waals surface area (Å²) < 4.78 is 6.91. The minimum atomic E-state index is -0.200. The number of carbonyl (C=O) groups excluding carboxylic acids is 1. The number of nitrogens with zero attached hydrogens (tertiary/aromatic N) is 3. The molecule has 6 nitrogen and oxygen atoms in total. The summed E-state index contributed by atoms with van der Waals surface area (Å²) in [4.78, 5) is 33.6. The number of furan rings is 1. The molecule has 0 aliphatic carbocycles. The fraction of sp³-hybridized carbons (Fsp3) is 0.227. The monoisotopic (exact) mass is 407 g/mol. The maximum absolute atomic E-state index is 13.2. The van der Waals surface area contributed by atoms with Gasteiger partial charge in [0.2, 0.25) is 5.91 Å². The summed E-state index contributed by atoms with van der Waals surface area (Å²) in [6.45, 7) is 4.13. The van der Waals surface area contributed by atoms with Crippen LogP contribution in [0.1, 0.15) is 16.4 Å². The fourth-order valence-corrected chi connectivity index (χ4v) is 4.36. The van der Waals surface area contributed by atoms with E-state index in [1.165, 1.54) is 22.2 Å². The summed E-state index contributed by atoms with van der Waals surface area (Å²) in [7, 11) is 1.70. The van der Waals surface area contributed by atoms with E-state index in [2.05, 4.69) is 4.98 Å². The molecule has 0 unspecified atom stereocenters. The van der Waals surface area contributed by atoms with Gasteiger partial charge in [-0.3, -0.25) is 14.2 Å². The van der Waals surface area contributed by atoms with Crippen molar-refractivity contribution in [2.45, 2.75) is 26.9 Å². The molecule has 4 rings (SSSR count). The number of benzene rings is 1. The molecule has 1 aromatic carbocycles. The Kier molecular flexibility index (Phi) is 5.07. The van der Waals surface area contributed by atoms with Crippen molar-refractivity contribution < 1.29 is 9.21 Å². The fourth-order valence-electron chi connectivity index (χ4n) is 3.36. The minimum Gasteiger partial charge on any atom is -0.464 e. The molecule has 3 heterocycles. The van der Waals surface area contributed by atoms with Crippen LogP contribution >= 0.6 is 11.3 Å². The summed E-state index contributed by atoms with van der Waals surface area (Å²) in [6.07, 6.45) is 1.46. The Labute approximate surface area is 172 Å². The second-order valence-corrected chi connectivity index (χ2v) is 8.22. The third-order valence-corrected chi connectivity index (χ3v) is 5.85. The molecule has 0 N–H and O–H groups in total. The Bertz CT molecular complexity index is 1240. The second kappa shape index (κ2) is 7.67. The minimum absolute atomic E-state index is 0.0684. The molecule has 0 saturated carbocycles. The molecule has 3 aromatic heterocycles. The Morgan fingerprint density at radius 2 is 1.93 bits per heavy atom. The molecular weight excluding hydrogens is 386 g/mol. The van der Waals surface area contributed by atoms with Gasteiger partial charge in [0.25, 0.3) is 5.56 Å². The topological polar surface area (TPSA) is 68.3 Å². The van der Waals surface area contributed by atoms with E-state index in [4.69, 9.17) is 4.42 Å². The van der Waals surface area contributed by atoms with Gasteiger partial charge < -0.3 is 9.32 Å². The van der Waals surface area contributed by atoms with Crippen LogP contribution in [-0.2, 0) is 17.9 Å². The lowest BCUT2D eigenvalue weighted by molar-refractivity contribution is -0.131. The lowest BCUT2D eigenvalue weighted by Crippen LogP contribution is -2.33. The number of amides is 1. The van der Waals surface area contributed by atoms with E-state index in [-0.39, 0.29) is 18.0 Å². The molecule has 0 bridgehead atoms. The molecule has 0 fully saturated rings. The Morgan fingerprint density at radius 1 is 1.17 bits per heavy atom. The molecule has 0 radical (unpaired) electrons. The van der Waals surface area contributed by atoms with Gasteiger partial charge in [-0.25, -0.2) is 4.98 Å². The average molecular weight is 407 g/mol. The summed E-state index contributed by atoms with van der Waals surface area (Å²) in [5.41, 5.74) is 1.67. The van der Waals surface area contributed by atoms with Gasteiger partial charge in [0.05, 0.1) is 18.3 Å². The first kappa shape index (κ1) is 19.1. The zero-order chi connectivity index (χ0) is 20.5. The molecule has 0 saturated heterocycles. The molecule has 0 spiro atoms. The molecular formula is C22H21N3O3S. The molecule has 4 aromatic rings. The van der Waals surface area contributed by atoms with Crippen LogP contribution in [0.5, 0.6) is 0 Å². The molecule has 1 amide bonds. The van der Waals surface area contributed by atoms with Gasteiger partial charge in [-0.05, 0) is 31.5 Å². The number of likely N-dealkylation sites (N-methyl/N-ethyl adjacent to an activating group) is 1. The van der Waals surface area contributed by atoms with Crippen LogP contribution in [0.4, 0.5) is 0 Å². The van der Waals surface area contributed by atoms with Crippen LogP contribution in [0, 0.1) is 13.8 Å². The summed E-state index contributed by atoms with van der Waals surface area (Å²) >= 11 is 1.49. The van der Waals surface area contributed by atoms with Gasteiger partial charge in [0.15, 0.2) is 0 Å². The lowest BCUT2D eigenvalue weighted by atomic mass is 10.0. The van der Waals surface area contributed by atoms with E-state index in [1.54, 1.807) is 11.9 Å². The van der Waals surface area contributed by atoms with E-state index >= 15 is 0 Å². The van der Waals surface area contributed by atoms with Crippen molar-refractivity contribution in [3.8, 4) is 11.1 Å². The largest absolute Gasteiger partial charge is 0.464 e. The van der Waals surface area contributed by atoms with Crippen molar-refractivity contribution >= 4 is 27.5 Å². The molecule has 29 heavy (non-hydrogen) atoms. The Hall–Kier alpha value is -3.19. The van der Waals surface area contributed by atoms with Crippen LogP contribution in [0.25, 0.3) is 21.3 Å². The van der Waals surface area contributed by atoms with Crippen molar-refractivity contribution in [1.82, 2.24) is 14.5 Å². The van der Waals surface area contributed by atoms with Crippen LogP contribution in [0.2, 0.25) is 0 Å². The van der Waals surface area contributed by atoms with Gasteiger partial charge in [0.1, 0.15) is 22.9 Å². The first-order valence-corrected chi connectivity index (χ1v) is 10.1. The SMILES string of the molecule is Cc1ccc(CN(C)C(=O)Cn2cnc3sc(C)c(-c4ccccc4)c3c2=O)o1. The molecule has 148 valence electrons. The number of thiophene rings is 1. The third kappa shape index (κ3) is 3.73. The number of aromatic nitrogens is 2. The Balaban J connectivity index is 1.65. The van der Waals surface area contributed by atoms with E-state index in [0.29, 0.717) is 22.5 Å². The van der Waals surface area contributed by atoms with E-state index in [0.717, 1.165) is 21.8 Å². The van der Waals surface area contributed by atoms with Gasteiger partial charge in [-0.15, -0.1) is 11.3 Å². The predicted octanol–water partition coefficient (Wildman–Crippen LogP) is 3.99. The number of aryl methyl sites for hydroxylation is 2. The van der Waals surface area contributed by atoms with E-state index in [1.807, 2.05) is 56.3 Å².